The van der Waals surface area contributed by atoms with E-state index in [-0.39, 0.29) is 5.69 Å². The fraction of sp³-hybridized carbons (Fsp3) is 0.684. The molecule has 2 heterocycles. The number of carbonyl (C=O) groups excluding carboxylic acids is 2. The quantitative estimate of drug-likeness (QED) is 0.727. The van der Waals surface area contributed by atoms with Gasteiger partial charge >= 0.3 is 5.97 Å². The van der Waals surface area contributed by atoms with Gasteiger partial charge in [0, 0.05) is 13.1 Å². The fourth-order valence-corrected chi connectivity index (χ4v) is 3.60. The van der Waals surface area contributed by atoms with Crippen molar-refractivity contribution in [2.75, 3.05) is 31.7 Å². The van der Waals surface area contributed by atoms with E-state index in [0.717, 1.165) is 25.9 Å². The summed E-state index contributed by atoms with van der Waals surface area (Å²) in [6, 6.07) is -0.759. The van der Waals surface area contributed by atoms with Crippen LogP contribution in [0, 0.1) is 5.92 Å². The number of nitrogens with one attached hydrogen (secondary N) is 1. The van der Waals surface area contributed by atoms with Gasteiger partial charge in [-0.05, 0) is 38.5 Å². The second-order valence-corrected chi connectivity index (χ2v) is 7.26. The van der Waals surface area contributed by atoms with Gasteiger partial charge in [0.25, 0.3) is 11.8 Å². The van der Waals surface area contributed by atoms with Crippen molar-refractivity contribution >= 4 is 17.7 Å². The summed E-state index contributed by atoms with van der Waals surface area (Å²) in [5.74, 6) is 0.655. The Morgan fingerprint density at radius 2 is 1.96 bits per heavy atom. The van der Waals surface area contributed by atoms with Crippen molar-refractivity contribution in [1.82, 2.24) is 15.3 Å². The minimum Gasteiger partial charge on any atom is -0.475 e. The highest BCUT2D eigenvalue weighted by Crippen LogP contribution is 2.30. The molecule has 1 atom stereocenters. The monoisotopic (exact) mass is 376 g/mol. The van der Waals surface area contributed by atoms with E-state index in [2.05, 4.69) is 24.9 Å². The lowest BCUT2D eigenvalue weighted by Crippen LogP contribution is -2.39. The Labute approximate surface area is 159 Å². The van der Waals surface area contributed by atoms with Crippen LogP contribution < -0.4 is 15.0 Å². The van der Waals surface area contributed by atoms with E-state index >= 15 is 0 Å². The number of hydrogen-bond donors (Lipinski definition) is 1. The minimum atomic E-state index is -0.759. The molecule has 8 nitrogen and oxygen atoms in total. The molecule has 148 valence electrons. The van der Waals surface area contributed by atoms with Crippen molar-refractivity contribution in [2.24, 2.45) is 5.92 Å². The molecule has 2 fully saturated rings. The molecule has 0 spiro atoms. The summed E-state index contributed by atoms with van der Waals surface area (Å²) < 4.78 is 10.6. The number of aromatic nitrogens is 2. The van der Waals surface area contributed by atoms with Crippen LogP contribution in [0.15, 0.2) is 6.20 Å². The first-order chi connectivity index (χ1) is 13.1. The summed E-state index contributed by atoms with van der Waals surface area (Å²) in [5, 5.41) is 2.58. The molecule has 0 aromatic carbocycles. The molecule has 3 rings (SSSR count). The van der Waals surface area contributed by atoms with Crippen molar-refractivity contribution in [3.8, 4) is 5.88 Å². The van der Waals surface area contributed by atoms with E-state index in [9.17, 15) is 9.59 Å². The van der Waals surface area contributed by atoms with Gasteiger partial charge in [-0.15, -0.1) is 0 Å². The molecule has 0 unspecified atom stereocenters. The molecule has 0 radical (unpaired) electrons. The van der Waals surface area contributed by atoms with Crippen molar-refractivity contribution in [3.63, 3.8) is 0 Å². The number of hydrogen-bond acceptors (Lipinski definition) is 7. The number of methoxy groups -OCH3 is 1. The van der Waals surface area contributed by atoms with Gasteiger partial charge in [0.2, 0.25) is 0 Å². The first-order valence-electron chi connectivity index (χ1n) is 9.72. The highest BCUT2D eigenvalue weighted by molar-refractivity contribution is 5.95. The van der Waals surface area contributed by atoms with Crippen LogP contribution in [0.3, 0.4) is 0 Å². The van der Waals surface area contributed by atoms with E-state index in [4.69, 9.17) is 4.74 Å². The predicted molar refractivity (Wildman–Crippen MR) is 99.9 cm³/mol. The molecular weight excluding hydrogens is 348 g/mol. The number of esters is 1. The lowest BCUT2D eigenvalue weighted by atomic mass is 10.1. The third-order valence-electron chi connectivity index (χ3n) is 5.19. The van der Waals surface area contributed by atoms with Crippen LogP contribution in [0.5, 0.6) is 5.88 Å². The van der Waals surface area contributed by atoms with Crippen molar-refractivity contribution < 1.29 is 19.1 Å². The van der Waals surface area contributed by atoms with Gasteiger partial charge in [0.1, 0.15) is 6.04 Å². The number of amides is 1. The van der Waals surface area contributed by atoms with E-state index < -0.39 is 17.9 Å². The number of anilines is 1. The Balaban J connectivity index is 1.75. The Kier molecular flexibility index (Phi) is 6.47. The summed E-state index contributed by atoms with van der Waals surface area (Å²) in [6.45, 7) is 3.99. The summed E-state index contributed by atoms with van der Waals surface area (Å²) in [4.78, 5) is 35.0. The molecular formula is C19H28N4O4. The minimum absolute atomic E-state index is 0.134. The molecule has 1 N–H and O–H groups in total. The van der Waals surface area contributed by atoms with Gasteiger partial charge in [-0.3, -0.25) is 4.79 Å². The molecule has 1 aromatic rings. The van der Waals surface area contributed by atoms with E-state index in [1.165, 1.54) is 39.0 Å². The Bertz CT molecular complexity index is 670. The fourth-order valence-electron chi connectivity index (χ4n) is 3.60. The zero-order chi connectivity index (χ0) is 19.2. The van der Waals surface area contributed by atoms with Gasteiger partial charge in [-0.2, -0.15) is 0 Å². The van der Waals surface area contributed by atoms with Gasteiger partial charge in [0.05, 0.1) is 19.9 Å². The van der Waals surface area contributed by atoms with E-state index in [0.29, 0.717) is 24.2 Å². The zero-order valence-corrected chi connectivity index (χ0v) is 16.1. The topological polar surface area (TPSA) is 93.6 Å². The normalized spacial score (nSPS) is 18.4. The second-order valence-electron chi connectivity index (χ2n) is 7.26. The van der Waals surface area contributed by atoms with Crippen molar-refractivity contribution in [3.05, 3.63) is 11.9 Å². The van der Waals surface area contributed by atoms with Gasteiger partial charge in [-0.25, -0.2) is 14.8 Å². The summed E-state index contributed by atoms with van der Waals surface area (Å²) in [6.07, 6.45) is 8.49. The molecule has 1 aromatic heterocycles. The summed E-state index contributed by atoms with van der Waals surface area (Å²) in [7, 11) is 1.28. The molecule has 1 saturated heterocycles. The summed E-state index contributed by atoms with van der Waals surface area (Å²) in [5.41, 5.74) is 0.134. The smallest absolute Gasteiger partial charge is 0.328 e. The van der Waals surface area contributed by atoms with Crippen LogP contribution in [0.1, 0.15) is 55.9 Å². The van der Waals surface area contributed by atoms with Crippen molar-refractivity contribution in [2.45, 2.75) is 51.5 Å². The molecule has 1 aliphatic carbocycles. The van der Waals surface area contributed by atoms with Crippen LogP contribution in [0.25, 0.3) is 0 Å². The maximum atomic E-state index is 12.4. The molecule has 1 saturated carbocycles. The number of carbonyl (C=O) groups is 2. The maximum absolute atomic E-state index is 12.4. The summed E-state index contributed by atoms with van der Waals surface area (Å²) >= 11 is 0. The van der Waals surface area contributed by atoms with Crippen LogP contribution in [0.2, 0.25) is 0 Å². The maximum Gasteiger partial charge on any atom is 0.328 e. The molecule has 2 aliphatic rings. The molecule has 27 heavy (non-hydrogen) atoms. The lowest BCUT2D eigenvalue weighted by molar-refractivity contribution is -0.142. The number of rotatable bonds is 7. The largest absolute Gasteiger partial charge is 0.475 e. The second kappa shape index (κ2) is 9.01. The highest BCUT2D eigenvalue weighted by Gasteiger charge is 2.24. The Morgan fingerprint density at radius 3 is 2.63 bits per heavy atom. The first kappa shape index (κ1) is 19.4. The lowest BCUT2D eigenvalue weighted by Gasteiger charge is -2.21. The third-order valence-corrected chi connectivity index (χ3v) is 5.19. The predicted octanol–water partition coefficient (Wildman–Crippen LogP) is 1.94. The Hall–Kier alpha value is -2.38. The Morgan fingerprint density at radius 1 is 1.26 bits per heavy atom. The third kappa shape index (κ3) is 4.87. The zero-order valence-electron chi connectivity index (χ0n) is 16.1. The number of nitrogens with zero attached hydrogens (tertiary/aromatic N) is 3. The van der Waals surface area contributed by atoms with Gasteiger partial charge < -0.3 is 19.7 Å². The highest BCUT2D eigenvalue weighted by atomic mass is 16.5. The molecule has 1 aliphatic heterocycles. The van der Waals surface area contributed by atoms with Crippen LogP contribution in [-0.2, 0) is 9.53 Å². The van der Waals surface area contributed by atoms with Gasteiger partial charge in [-0.1, -0.05) is 12.8 Å². The van der Waals surface area contributed by atoms with Crippen LogP contribution in [-0.4, -0.2) is 54.7 Å². The van der Waals surface area contributed by atoms with Crippen molar-refractivity contribution in [1.29, 1.82) is 0 Å². The average Bonchev–Trinajstić information content (AvgIpc) is 3.39. The van der Waals surface area contributed by atoms with E-state index in [1.54, 1.807) is 6.92 Å². The first-order valence-corrected chi connectivity index (χ1v) is 9.72. The molecule has 0 bridgehead atoms. The van der Waals surface area contributed by atoms with Gasteiger partial charge in [0.15, 0.2) is 11.5 Å². The van der Waals surface area contributed by atoms with E-state index in [1.807, 2.05) is 0 Å². The number of ether oxygens (including phenoxy) is 2. The SMILES string of the molecule is COC(=O)[C@@H](C)NC(=O)c1cnc(N2CCCC2)c(OCC2CCCC2)n1. The van der Waals surface area contributed by atoms with Crippen LogP contribution >= 0.6 is 0 Å². The standard InChI is InChI=1S/C19H28N4O4/c1-13(19(25)26-2)21-17(24)15-11-20-16(23-9-5-6-10-23)18(22-15)27-12-14-7-3-4-8-14/h11,13-14H,3-10,12H2,1-2H3,(H,21,24)/t13-/m1/s1. The van der Waals surface area contributed by atoms with Crippen LogP contribution in [0.4, 0.5) is 5.82 Å². The molecule has 8 heteroatoms. The molecule has 1 amide bonds. The average molecular weight is 376 g/mol.